The number of amides is 1. The molecule has 2 fully saturated rings. The minimum Gasteiger partial charge on any atom is -0.444 e. The van der Waals surface area contributed by atoms with Crippen LogP contribution in [0.15, 0.2) is 18.2 Å². The third-order valence-corrected chi connectivity index (χ3v) is 5.81. The molecule has 27 heavy (non-hydrogen) atoms. The van der Waals surface area contributed by atoms with Crippen LogP contribution in [0.3, 0.4) is 0 Å². The topological polar surface area (TPSA) is 48.0 Å². The van der Waals surface area contributed by atoms with Gasteiger partial charge >= 0.3 is 13.2 Å². The number of hydrogen-bond acceptors (Lipinski definition) is 4. The normalized spacial score (nSPS) is 21.9. The van der Waals surface area contributed by atoms with Crippen LogP contribution < -0.4 is 5.46 Å². The van der Waals surface area contributed by atoms with E-state index in [2.05, 4.69) is 52.8 Å². The van der Waals surface area contributed by atoms with Crippen molar-refractivity contribution in [3.8, 4) is 0 Å². The second-order valence-corrected chi connectivity index (χ2v) is 9.79. The van der Waals surface area contributed by atoms with Gasteiger partial charge in [0.1, 0.15) is 5.60 Å². The van der Waals surface area contributed by atoms with Gasteiger partial charge in [-0.3, -0.25) is 0 Å². The van der Waals surface area contributed by atoms with Crippen LogP contribution in [0.1, 0.15) is 65.5 Å². The van der Waals surface area contributed by atoms with E-state index in [0.29, 0.717) is 19.0 Å². The largest absolute Gasteiger partial charge is 0.495 e. The lowest BCUT2D eigenvalue weighted by molar-refractivity contribution is 0.00578. The second kappa shape index (κ2) is 6.52. The van der Waals surface area contributed by atoms with Crippen LogP contribution in [-0.2, 0) is 14.0 Å². The maximum absolute atomic E-state index is 12.1. The Balaban J connectivity index is 1.65. The van der Waals surface area contributed by atoms with E-state index in [4.69, 9.17) is 14.0 Å². The average molecular weight is 373 g/mol. The quantitative estimate of drug-likeness (QED) is 0.743. The number of carbonyl (C=O) groups excluding carboxylic acids is 1. The number of rotatable bonds is 2. The molecule has 0 N–H and O–H groups in total. The van der Waals surface area contributed by atoms with Crippen molar-refractivity contribution in [1.29, 1.82) is 0 Å². The van der Waals surface area contributed by atoms with Crippen LogP contribution in [0.4, 0.5) is 4.79 Å². The zero-order chi connectivity index (χ0) is 20.2. The molecule has 0 atom stereocenters. The summed E-state index contributed by atoms with van der Waals surface area (Å²) < 4.78 is 17.8. The number of carbonyl (C=O) groups is 1. The van der Waals surface area contributed by atoms with Gasteiger partial charge in [-0.2, -0.15) is 0 Å². The molecule has 0 saturated carbocycles. The Morgan fingerprint density at radius 2 is 1.70 bits per heavy atom. The van der Waals surface area contributed by atoms with Crippen molar-refractivity contribution < 1.29 is 18.8 Å². The summed E-state index contributed by atoms with van der Waals surface area (Å²) in [5.41, 5.74) is 2.33. The monoisotopic (exact) mass is 373 g/mol. The van der Waals surface area contributed by atoms with Crippen LogP contribution in [0.5, 0.6) is 0 Å². The summed E-state index contributed by atoms with van der Waals surface area (Å²) in [4.78, 5) is 13.9. The summed E-state index contributed by atoms with van der Waals surface area (Å²) in [6.45, 7) is 17.4. The number of aryl methyl sites for hydroxylation is 1. The van der Waals surface area contributed by atoms with E-state index in [9.17, 15) is 4.79 Å². The van der Waals surface area contributed by atoms with E-state index in [0.717, 1.165) is 11.0 Å². The highest BCUT2D eigenvalue weighted by Gasteiger charge is 2.52. The van der Waals surface area contributed by atoms with Crippen LogP contribution >= 0.6 is 0 Å². The number of ether oxygens (including phenoxy) is 1. The molecule has 5 nitrogen and oxygen atoms in total. The molecule has 3 rings (SSSR count). The van der Waals surface area contributed by atoms with Crippen molar-refractivity contribution in [3.05, 3.63) is 29.3 Å². The molecule has 0 aliphatic carbocycles. The number of nitrogens with zero attached hydrogens (tertiary/aromatic N) is 1. The van der Waals surface area contributed by atoms with Crippen molar-refractivity contribution in [2.75, 3.05) is 13.1 Å². The summed E-state index contributed by atoms with van der Waals surface area (Å²) in [6, 6.07) is 6.42. The first kappa shape index (κ1) is 20.2. The zero-order valence-electron chi connectivity index (χ0n) is 17.9. The third-order valence-electron chi connectivity index (χ3n) is 5.81. The summed E-state index contributed by atoms with van der Waals surface area (Å²) in [5.74, 6) is 0.351. The number of likely N-dealkylation sites (tertiary alicyclic amines) is 1. The fraction of sp³-hybridized carbons (Fsp3) is 0.667. The van der Waals surface area contributed by atoms with E-state index in [-0.39, 0.29) is 24.4 Å². The van der Waals surface area contributed by atoms with Gasteiger partial charge in [0.15, 0.2) is 0 Å². The maximum Gasteiger partial charge on any atom is 0.495 e. The molecule has 2 aliphatic rings. The molecule has 2 saturated heterocycles. The van der Waals surface area contributed by atoms with Gasteiger partial charge in [0.25, 0.3) is 0 Å². The lowest BCUT2D eigenvalue weighted by Crippen LogP contribution is -2.50. The molecular weight excluding hydrogens is 341 g/mol. The third kappa shape index (κ3) is 4.02. The van der Waals surface area contributed by atoms with Gasteiger partial charge in [0, 0.05) is 19.0 Å². The fourth-order valence-corrected chi connectivity index (χ4v) is 3.35. The molecule has 0 bridgehead atoms. The molecule has 6 heteroatoms. The first-order chi connectivity index (χ1) is 12.3. The van der Waals surface area contributed by atoms with Crippen molar-refractivity contribution in [1.82, 2.24) is 4.90 Å². The van der Waals surface area contributed by atoms with E-state index in [1.807, 2.05) is 20.8 Å². The maximum atomic E-state index is 12.1. The molecule has 1 aromatic carbocycles. The van der Waals surface area contributed by atoms with Crippen molar-refractivity contribution in [2.24, 2.45) is 0 Å². The molecular formula is C21H32BNO4. The van der Waals surface area contributed by atoms with E-state index >= 15 is 0 Å². The smallest absolute Gasteiger partial charge is 0.444 e. The predicted molar refractivity (Wildman–Crippen MR) is 107 cm³/mol. The fourth-order valence-electron chi connectivity index (χ4n) is 3.35. The molecule has 0 unspecified atom stereocenters. The SMILES string of the molecule is Cc1cc(C2CN(C(=O)OC(C)(C)C)C2)ccc1B1OC(C)(C)C(C)(C)O1. The summed E-state index contributed by atoms with van der Waals surface area (Å²) in [6.07, 6.45) is -0.232. The molecule has 2 heterocycles. The lowest BCUT2D eigenvalue weighted by Gasteiger charge is -2.40. The van der Waals surface area contributed by atoms with Crippen LogP contribution in [0, 0.1) is 6.92 Å². The Labute approximate surface area is 163 Å². The average Bonchev–Trinajstić information content (AvgIpc) is 2.63. The van der Waals surface area contributed by atoms with Crippen LogP contribution in [-0.4, -0.2) is 48.0 Å². The Kier molecular flexibility index (Phi) is 4.88. The first-order valence-corrected chi connectivity index (χ1v) is 9.73. The number of benzene rings is 1. The van der Waals surface area contributed by atoms with E-state index in [1.54, 1.807) is 4.90 Å². The molecule has 1 aromatic rings. The van der Waals surface area contributed by atoms with E-state index in [1.165, 1.54) is 5.56 Å². The van der Waals surface area contributed by atoms with Crippen molar-refractivity contribution in [2.45, 2.75) is 78.1 Å². The second-order valence-electron chi connectivity index (χ2n) is 9.79. The Hall–Kier alpha value is -1.53. The summed E-state index contributed by atoms with van der Waals surface area (Å²) in [7, 11) is -0.344. The predicted octanol–water partition coefficient (Wildman–Crippen LogP) is 3.63. The molecule has 0 radical (unpaired) electrons. The van der Waals surface area contributed by atoms with E-state index < -0.39 is 5.60 Å². The summed E-state index contributed by atoms with van der Waals surface area (Å²) in [5, 5.41) is 0. The van der Waals surface area contributed by atoms with Crippen LogP contribution in [0.2, 0.25) is 0 Å². The Bertz CT molecular complexity index is 716. The first-order valence-electron chi connectivity index (χ1n) is 9.73. The van der Waals surface area contributed by atoms with Gasteiger partial charge in [-0.15, -0.1) is 0 Å². The molecule has 0 spiro atoms. The standard InChI is InChI=1S/C21H32BNO4/c1-14-11-15(16-12-23(13-16)18(24)25-19(2,3)4)9-10-17(14)22-26-20(5,6)21(7,8)27-22/h9-11,16H,12-13H2,1-8H3. The van der Waals surface area contributed by atoms with Gasteiger partial charge in [0.2, 0.25) is 0 Å². The van der Waals surface area contributed by atoms with Gasteiger partial charge in [0.05, 0.1) is 11.2 Å². The minimum absolute atomic E-state index is 0.232. The van der Waals surface area contributed by atoms with Gasteiger partial charge in [-0.25, -0.2) is 4.79 Å². The van der Waals surface area contributed by atoms with Crippen LogP contribution in [0.25, 0.3) is 0 Å². The number of hydrogen-bond donors (Lipinski definition) is 0. The molecule has 2 aliphatic heterocycles. The minimum atomic E-state index is -0.455. The van der Waals surface area contributed by atoms with Gasteiger partial charge in [-0.1, -0.05) is 23.8 Å². The molecule has 1 amide bonds. The highest BCUT2D eigenvalue weighted by atomic mass is 16.7. The Morgan fingerprint density at radius 1 is 1.15 bits per heavy atom. The van der Waals surface area contributed by atoms with Gasteiger partial charge in [-0.05, 0) is 66.4 Å². The zero-order valence-corrected chi connectivity index (χ0v) is 17.9. The summed E-state index contributed by atoms with van der Waals surface area (Å²) >= 11 is 0. The molecule has 0 aromatic heterocycles. The van der Waals surface area contributed by atoms with Gasteiger partial charge < -0.3 is 18.9 Å². The lowest BCUT2D eigenvalue weighted by atomic mass is 9.75. The highest BCUT2D eigenvalue weighted by Crippen LogP contribution is 2.37. The van der Waals surface area contributed by atoms with Crippen molar-refractivity contribution in [3.63, 3.8) is 0 Å². The Morgan fingerprint density at radius 3 is 2.19 bits per heavy atom. The van der Waals surface area contributed by atoms with Crippen molar-refractivity contribution >= 4 is 18.7 Å². The molecule has 148 valence electrons. The highest BCUT2D eigenvalue weighted by molar-refractivity contribution is 6.62.